The number of nitrogens with one attached hydrogen (secondary N) is 1. The molecule has 0 aliphatic rings. The van der Waals surface area contributed by atoms with Crippen molar-refractivity contribution in [3.05, 3.63) is 33.9 Å². The van der Waals surface area contributed by atoms with Crippen molar-refractivity contribution in [1.82, 2.24) is 5.32 Å². The van der Waals surface area contributed by atoms with Crippen molar-refractivity contribution in [3.8, 4) is 5.75 Å². The van der Waals surface area contributed by atoms with E-state index in [-0.39, 0.29) is 11.8 Å². The number of nitrogens with zero attached hydrogens (tertiary/aromatic N) is 1. The summed E-state index contributed by atoms with van der Waals surface area (Å²) in [7, 11) is 1.65. The average Bonchev–Trinajstić information content (AvgIpc) is 2.40. The minimum atomic E-state index is -0.895. The molecule has 0 saturated heterocycles. The highest BCUT2D eigenvalue weighted by atomic mass is 16.6. The molecule has 3 N–H and O–H groups in total. The first kappa shape index (κ1) is 16.9. The number of aryl methyl sites for hydroxylation is 1. The first-order valence-electron chi connectivity index (χ1n) is 6.60. The molecule has 116 valence electrons. The number of carbonyl (C=O) groups is 1. The van der Waals surface area contributed by atoms with E-state index in [0.717, 1.165) is 5.56 Å². The molecule has 1 aromatic rings. The predicted molar refractivity (Wildman–Crippen MR) is 79.2 cm³/mol. The largest absolute Gasteiger partial charge is 0.490 e. The van der Waals surface area contributed by atoms with Crippen LogP contribution in [0.15, 0.2) is 18.2 Å². The molecule has 0 saturated carbocycles. The molecule has 0 aliphatic heterocycles. The van der Waals surface area contributed by atoms with Crippen molar-refractivity contribution in [1.29, 1.82) is 0 Å². The summed E-state index contributed by atoms with van der Waals surface area (Å²) in [5, 5.41) is 13.7. The second kappa shape index (κ2) is 6.53. The van der Waals surface area contributed by atoms with Gasteiger partial charge in [0.05, 0.1) is 22.6 Å². The fourth-order valence-corrected chi connectivity index (χ4v) is 1.99. The molecule has 2 atom stereocenters. The number of nitro groups is 1. The molecule has 0 aliphatic carbocycles. The van der Waals surface area contributed by atoms with E-state index in [9.17, 15) is 14.9 Å². The van der Waals surface area contributed by atoms with E-state index in [1.165, 1.54) is 12.1 Å². The zero-order valence-electron chi connectivity index (χ0n) is 12.7. The van der Waals surface area contributed by atoms with Gasteiger partial charge in [-0.2, -0.15) is 0 Å². The molecule has 0 aromatic heterocycles. The Morgan fingerprint density at radius 1 is 1.57 bits per heavy atom. The van der Waals surface area contributed by atoms with Gasteiger partial charge in [0.2, 0.25) is 5.91 Å². The quantitative estimate of drug-likeness (QED) is 0.586. The number of non-ortho nitro benzene ring substituents is 1. The molecule has 0 radical (unpaired) electrons. The maximum atomic E-state index is 11.5. The van der Waals surface area contributed by atoms with Crippen LogP contribution in [-0.4, -0.2) is 29.5 Å². The Hall–Kier alpha value is -2.15. The lowest BCUT2D eigenvalue weighted by Crippen LogP contribution is -2.53. The molecule has 1 aromatic carbocycles. The molecular weight excluding hydrogens is 274 g/mol. The Labute approximate surface area is 123 Å². The van der Waals surface area contributed by atoms with Gasteiger partial charge >= 0.3 is 0 Å². The number of rotatable bonds is 7. The number of hydrogen-bond acceptors (Lipinski definition) is 5. The molecule has 7 heteroatoms. The third kappa shape index (κ3) is 4.16. The molecule has 0 fully saturated rings. The number of hydrogen-bond donors (Lipinski definition) is 2. The predicted octanol–water partition coefficient (Wildman–Crippen LogP) is 1.52. The number of ether oxygens (including phenoxy) is 1. The van der Waals surface area contributed by atoms with Crippen molar-refractivity contribution < 1.29 is 14.5 Å². The van der Waals surface area contributed by atoms with Crippen LogP contribution in [0.25, 0.3) is 0 Å². The zero-order valence-corrected chi connectivity index (χ0v) is 12.7. The van der Waals surface area contributed by atoms with Crippen molar-refractivity contribution in [3.63, 3.8) is 0 Å². The van der Waals surface area contributed by atoms with Gasteiger partial charge < -0.3 is 15.8 Å². The van der Waals surface area contributed by atoms with Gasteiger partial charge in [-0.3, -0.25) is 14.9 Å². The van der Waals surface area contributed by atoms with Gasteiger partial charge in [-0.25, -0.2) is 0 Å². The lowest BCUT2D eigenvalue weighted by Gasteiger charge is -2.29. The number of carbonyl (C=O) groups excluding carboxylic acids is 1. The standard InChI is InChI=1S/C14H21N3O4/c1-9-5-6-11(17(19)20)7-12(9)21-10(2)8-14(3,16-4)13(15)18/h5-7,10,16H,8H2,1-4H3,(H2,15,18). The van der Waals surface area contributed by atoms with E-state index in [1.807, 2.05) is 0 Å². The summed E-state index contributed by atoms with van der Waals surface area (Å²) < 4.78 is 5.73. The van der Waals surface area contributed by atoms with Crippen molar-refractivity contribution in [2.24, 2.45) is 5.73 Å². The highest BCUT2D eigenvalue weighted by Gasteiger charge is 2.31. The highest BCUT2D eigenvalue weighted by Crippen LogP contribution is 2.26. The monoisotopic (exact) mass is 295 g/mol. The van der Waals surface area contributed by atoms with Gasteiger partial charge in [0.25, 0.3) is 5.69 Å². The zero-order chi connectivity index (χ0) is 16.2. The Bertz CT molecular complexity index is 547. The summed E-state index contributed by atoms with van der Waals surface area (Å²) in [6.07, 6.45) is 0.0108. The van der Waals surface area contributed by atoms with Crippen LogP contribution < -0.4 is 15.8 Å². The summed E-state index contributed by atoms with van der Waals surface area (Å²) in [6.45, 7) is 5.28. The Morgan fingerprint density at radius 3 is 2.67 bits per heavy atom. The third-order valence-corrected chi connectivity index (χ3v) is 3.50. The Kier molecular flexibility index (Phi) is 5.26. The molecule has 1 amide bonds. The normalized spacial score (nSPS) is 15.0. The van der Waals surface area contributed by atoms with Gasteiger partial charge in [-0.1, -0.05) is 0 Å². The fourth-order valence-electron chi connectivity index (χ4n) is 1.99. The molecule has 7 nitrogen and oxygen atoms in total. The van der Waals surface area contributed by atoms with Crippen LogP contribution in [0.4, 0.5) is 5.69 Å². The molecule has 0 spiro atoms. The summed E-state index contributed by atoms with van der Waals surface area (Å²) in [5.74, 6) is -0.0455. The number of nitro benzene ring substituents is 1. The van der Waals surface area contributed by atoms with Crippen LogP contribution in [0.1, 0.15) is 25.8 Å². The first-order chi connectivity index (χ1) is 9.69. The molecule has 2 unspecified atom stereocenters. The van der Waals surface area contributed by atoms with Gasteiger partial charge in [0.15, 0.2) is 0 Å². The SMILES string of the molecule is CNC(C)(CC(C)Oc1cc([N+](=O)[O-])ccc1C)C(N)=O. The first-order valence-corrected chi connectivity index (χ1v) is 6.60. The van der Waals surface area contributed by atoms with Crippen LogP contribution >= 0.6 is 0 Å². The fraction of sp³-hybridized carbons (Fsp3) is 0.500. The van der Waals surface area contributed by atoms with Crippen molar-refractivity contribution in [2.75, 3.05) is 7.05 Å². The molecule has 0 heterocycles. The smallest absolute Gasteiger partial charge is 0.273 e. The lowest BCUT2D eigenvalue weighted by molar-refractivity contribution is -0.385. The van der Waals surface area contributed by atoms with E-state index in [1.54, 1.807) is 33.9 Å². The topological polar surface area (TPSA) is 107 Å². The van der Waals surface area contributed by atoms with Crippen molar-refractivity contribution in [2.45, 2.75) is 38.8 Å². The highest BCUT2D eigenvalue weighted by molar-refractivity contribution is 5.84. The van der Waals surface area contributed by atoms with Gasteiger partial charge in [-0.15, -0.1) is 0 Å². The number of nitrogens with two attached hydrogens (primary N) is 1. The van der Waals surface area contributed by atoms with Gasteiger partial charge in [0, 0.05) is 12.5 Å². The van der Waals surface area contributed by atoms with E-state index >= 15 is 0 Å². The maximum Gasteiger partial charge on any atom is 0.273 e. The Balaban J connectivity index is 2.88. The van der Waals surface area contributed by atoms with Gasteiger partial charge in [-0.05, 0) is 39.4 Å². The molecule has 21 heavy (non-hydrogen) atoms. The van der Waals surface area contributed by atoms with Crippen LogP contribution in [0, 0.1) is 17.0 Å². The second-order valence-electron chi connectivity index (χ2n) is 5.29. The van der Waals surface area contributed by atoms with Gasteiger partial charge in [0.1, 0.15) is 5.75 Å². The minimum absolute atomic E-state index is 0.0333. The molecule has 1 rings (SSSR count). The van der Waals surface area contributed by atoms with E-state index < -0.39 is 16.4 Å². The maximum absolute atomic E-state index is 11.5. The van der Waals surface area contributed by atoms with Crippen LogP contribution in [0.5, 0.6) is 5.75 Å². The molecular formula is C14H21N3O4. The summed E-state index contributed by atoms with van der Waals surface area (Å²) in [4.78, 5) is 21.8. The number of primary amides is 1. The minimum Gasteiger partial charge on any atom is -0.490 e. The van der Waals surface area contributed by atoms with Crippen LogP contribution in [-0.2, 0) is 4.79 Å². The van der Waals surface area contributed by atoms with E-state index in [2.05, 4.69) is 5.32 Å². The number of benzene rings is 1. The van der Waals surface area contributed by atoms with Crippen molar-refractivity contribution >= 4 is 11.6 Å². The Morgan fingerprint density at radius 2 is 2.19 bits per heavy atom. The summed E-state index contributed by atoms with van der Waals surface area (Å²) in [6, 6.07) is 4.44. The summed E-state index contributed by atoms with van der Waals surface area (Å²) >= 11 is 0. The lowest BCUT2D eigenvalue weighted by atomic mass is 9.94. The number of amides is 1. The number of likely N-dealkylation sites (N-methyl/N-ethyl adjacent to an activating group) is 1. The van der Waals surface area contributed by atoms with E-state index in [0.29, 0.717) is 12.2 Å². The average molecular weight is 295 g/mol. The van der Waals surface area contributed by atoms with Crippen LogP contribution in [0.3, 0.4) is 0 Å². The summed E-state index contributed by atoms with van der Waals surface area (Å²) in [5.41, 5.74) is 5.23. The third-order valence-electron chi connectivity index (χ3n) is 3.50. The van der Waals surface area contributed by atoms with E-state index in [4.69, 9.17) is 10.5 Å². The van der Waals surface area contributed by atoms with Crippen LogP contribution in [0.2, 0.25) is 0 Å². The molecule has 0 bridgehead atoms. The second-order valence-corrected chi connectivity index (χ2v) is 5.29.